The predicted octanol–water partition coefficient (Wildman–Crippen LogP) is 2.00. The van der Waals surface area contributed by atoms with Crippen LogP contribution in [0.5, 0.6) is 0 Å². The molecule has 0 unspecified atom stereocenters. The molecule has 1 aromatic carbocycles. The van der Waals surface area contributed by atoms with E-state index in [1.54, 1.807) is 13.0 Å². The molecule has 1 aliphatic rings. The minimum Gasteiger partial charge on any atom is -0.360 e. The van der Waals surface area contributed by atoms with E-state index in [1.807, 2.05) is 41.8 Å². The Labute approximate surface area is 152 Å². The van der Waals surface area contributed by atoms with E-state index in [2.05, 4.69) is 10.5 Å². The Hall–Kier alpha value is -2.67. The van der Waals surface area contributed by atoms with Crippen LogP contribution in [0.4, 0.5) is 5.82 Å². The van der Waals surface area contributed by atoms with Crippen molar-refractivity contribution < 1.29 is 14.1 Å². The van der Waals surface area contributed by atoms with Crippen LogP contribution in [0.1, 0.15) is 27.2 Å². The molecule has 2 heterocycles. The number of piperazine rings is 1. The highest BCUT2D eigenvalue weighted by atomic mass is 16.5. The maximum Gasteiger partial charge on any atom is 0.254 e. The van der Waals surface area contributed by atoms with Crippen LogP contribution in [0.25, 0.3) is 0 Å². The van der Waals surface area contributed by atoms with Crippen molar-refractivity contribution in [2.75, 3.05) is 38.0 Å². The summed E-state index contributed by atoms with van der Waals surface area (Å²) in [7, 11) is 0. The number of carbonyl (C=O) groups excluding carboxylic acids is 2. The van der Waals surface area contributed by atoms with Crippen LogP contribution in [-0.4, -0.2) is 59.5 Å². The molecule has 0 aliphatic carbocycles. The van der Waals surface area contributed by atoms with Gasteiger partial charge in [0.1, 0.15) is 5.76 Å². The van der Waals surface area contributed by atoms with Gasteiger partial charge in [-0.3, -0.25) is 14.5 Å². The number of carbonyl (C=O) groups is 2. The monoisotopic (exact) mass is 356 g/mol. The molecule has 1 saturated heterocycles. The number of hydrogen-bond acceptors (Lipinski definition) is 5. The van der Waals surface area contributed by atoms with Crippen LogP contribution >= 0.6 is 0 Å². The Balaban J connectivity index is 1.50. The molecular weight excluding hydrogens is 332 g/mol. The Morgan fingerprint density at radius 1 is 1.12 bits per heavy atom. The third kappa shape index (κ3) is 4.29. The first-order valence-electron chi connectivity index (χ1n) is 8.74. The molecule has 1 aliphatic heterocycles. The second-order valence-corrected chi connectivity index (χ2v) is 6.76. The second kappa shape index (κ2) is 7.70. The van der Waals surface area contributed by atoms with E-state index in [-0.39, 0.29) is 18.4 Å². The first kappa shape index (κ1) is 18.1. The average Bonchev–Trinajstić information content (AvgIpc) is 2.99. The lowest BCUT2D eigenvalue weighted by Crippen LogP contribution is -2.50. The molecule has 26 heavy (non-hydrogen) atoms. The van der Waals surface area contributed by atoms with Gasteiger partial charge in [0.25, 0.3) is 5.91 Å². The van der Waals surface area contributed by atoms with Gasteiger partial charge in [0.2, 0.25) is 5.91 Å². The lowest BCUT2D eigenvalue weighted by molar-refractivity contribution is -0.117. The summed E-state index contributed by atoms with van der Waals surface area (Å²) in [5.41, 5.74) is 2.90. The Kier molecular flexibility index (Phi) is 5.37. The first-order chi connectivity index (χ1) is 12.4. The van der Waals surface area contributed by atoms with E-state index in [4.69, 9.17) is 4.52 Å². The van der Waals surface area contributed by atoms with Gasteiger partial charge in [0.15, 0.2) is 5.82 Å². The fraction of sp³-hybridized carbons (Fsp3) is 0.421. The maximum absolute atomic E-state index is 12.7. The number of nitrogens with zero attached hydrogens (tertiary/aromatic N) is 3. The normalized spacial score (nSPS) is 15.1. The van der Waals surface area contributed by atoms with Crippen molar-refractivity contribution in [3.05, 3.63) is 46.7 Å². The molecule has 0 spiro atoms. The fourth-order valence-corrected chi connectivity index (χ4v) is 3.14. The van der Waals surface area contributed by atoms with Gasteiger partial charge < -0.3 is 14.7 Å². The predicted molar refractivity (Wildman–Crippen MR) is 98.1 cm³/mol. The number of hydrogen-bond donors (Lipinski definition) is 1. The molecule has 1 fully saturated rings. The third-order valence-electron chi connectivity index (χ3n) is 4.53. The smallest absolute Gasteiger partial charge is 0.254 e. The van der Waals surface area contributed by atoms with Crippen LogP contribution in [0.3, 0.4) is 0 Å². The molecule has 0 radical (unpaired) electrons. The van der Waals surface area contributed by atoms with Crippen molar-refractivity contribution in [3.63, 3.8) is 0 Å². The lowest BCUT2D eigenvalue weighted by Gasteiger charge is -2.34. The summed E-state index contributed by atoms with van der Waals surface area (Å²) >= 11 is 0. The number of aromatic nitrogens is 1. The zero-order valence-corrected chi connectivity index (χ0v) is 15.4. The molecule has 7 nitrogen and oxygen atoms in total. The Bertz CT molecular complexity index is 807. The number of aryl methyl sites for hydroxylation is 3. The number of rotatable bonds is 4. The number of amides is 2. The molecule has 2 amide bonds. The number of anilines is 1. The second-order valence-electron chi connectivity index (χ2n) is 6.76. The van der Waals surface area contributed by atoms with Crippen LogP contribution in [0, 0.1) is 20.8 Å². The SMILES string of the molecule is Cc1ccc(C(=O)N2CCN(CC(=O)Nc3cc(C)on3)CC2)c(C)c1. The largest absolute Gasteiger partial charge is 0.360 e. The van der Waals surface area contributed by atoms with E-state index < -0.39 is 0 Å². The lowest BCUT2D eigenvalue weighted by atomic mass is 10.0. The average molecular weight is 356 g/mol. The molecule has 0 saturated carbocycles. The highest BCUT2D eigenvalue weighted by Gasteiger charge is 2.24. The van der Waals surface area contributed by atoms with E-state index in [0.717, 1.165) is 16.7 Å². The van der Waals surface area contributed by atoms with Crippen molar-refractivity contribution in [1.82, 2.24) is 15.0 Å². The topological polar surface area (TPSA) is 78.7 Å². The standard InChI is InChI=1S/C19H24N4O3/c1-13-4-5-16(14(2)10-13)19(25)23-8-6-22(7-9-23)12-18(24)20-17-11-15(3)26-21-17/h4-5,10-11H,6-9,12H2,1-3H3,(H,20,21,24). The van der Waals surface area contributed by atoms with Crippen LogP contribution in [0.15, 0.2) is 28.8 Å². The minimum absolute atomic E-state index is 0.0599. The van der Waals surface area contributed by atoms with Crippen molar-refractivity contribution in [3.8, 4) is 0 Å². The quantitative estimate of drug-likeness (QED) is 0.906. The Morgan fingerprint density at radius 3 is 2.46 bits per heavy atom. The summed E-state index contributed by atoms with van der Waals surface area (Å²) < 4.78 is 4.93. The zero-order valence-electron chi connectivity index (χ0n) is 15.4. The fourth-order valence-electron chi connectivity index (χ4n) is 3.14. The summed E-state index contributed by atoms with van der Waals surface area (Å²) in [5.74, 6) is 1.01. The van der Waals surface area contributed by atoms with Crippen molar-refractivity contribution in [2.45, 2.75) is 20.8 Å². The number of nitrogens with one attached hydrogen (secondary N) is 1. The molecule has 0 atom stereocenters. The van der Waals surface area contributed by atoms with Gasteiger partial charge in [-0.15, -0.1) is 0 Å². The van der Waals surface area contributed by atoms with E-state index in [1.165, 1.54) is 0 Å². The summed E-state index contributed by atoms with van der Waals surface area (Å²) in [5, 5.41) is 6.47. The molecule has 3 rings (SSSR count). The van der Waals surface area contributed by atoms with Gasteiger partial charge in [-0.1, -0.05) is 22.9 Å². The van der Waals surface area contributed by atoms with Gasteiger partial charge in [0, 0.05) is 37.8 Å². The third-order valence-corrected chi connectivity index (χ3v) is 4.53. The summed E-state index contributed by atoms with van der Waals surface area (Å²) in [4.78, 5) is 28.7. The zero-order chi connectivity index (χ0) is 18.7. The molecule has 1 N–H and O–H groups in total. The Morgan fingerprint density at radius 2 is 1.85 bits per heavy atom. The molecule has 2 aromatic rings. The van der Waals surface area contributed by atoms with Crippen LogP contribution in [-0.2, 0) is 4.79 Å². The molecule has 7 heteroatoms. The number of benzene rings is 1. The van der Waals surface area contributed by atoms with E-state index in [0.29, 0.717) is 37.8 Å². The van der Waals surface area contributed by atoms with Crippen molar-refractivity contribution in [2.24, 2.45) is 0 Å². The first-order valence-corrected chi connectivity index (χ1v) is 8.74. The molecule has 1 aromatic heterocycles. The maximum atomic E-state index is 12.7. The van der Waals surface area contributed by atoms with Crippen LogP contribution < -0.4 is 5.32 Å². The van der Waals surface area contributed by atoms with Crippen molar-refractivity contribution >= 4 is 17.6 Å². The van der Waals surface area contributed by atoms with Gasteiger partial charge in [-0.2, -0.15) is 0 Å². The van der Waals surface area contributed by atoms with Gasteiger partial charge in [-0.25, -0.2) is 0 Å². The highest BCUT2D eigenvalue weighted by molar-refractivity contribution is 5.96. The van der Waals surface area contributed by atoms with Gasteiger partial charge >= 0.3 is 0 Å². The summed E-state index contributed by atoms with van der Waals surface area (Å²) in [6.07, 6.45) is 0. The highest BCUT2D eigenvalue weighted by Crippen LogP contribution is 2.15. The molecular formula is C19H24N4O3. The van der Waals surface area contributed by atoms with Gasteiger partial charge in [-0.05, 0) is 32.4 Å². The molecule has 0 bridgehead atoms. The molecule has 138 valence electrons. The summed E-state index contributed by atoms with van der Waals surface area (Å²) in [6, 6.07) is 7.57. The minimum atomic E-state index is -0.132. The van der Waals surface area contributed by atoms with Crippen LogP contribution in [0.2, 0.25) is 0 Å². The van der Waals surface area contributed by atoms with Gasteiger partial charge in [0.05, 0.1) is 6.54 Å². The summed E-state index contributed by atoms with van der Waals surface area (Å²) in [6.45, 7) is 8.60. The van der Waals surface area contributed by atoms with Crippen molar-refractivity contribution in [1.29, 1.82) is 0 Å². The van der Waals surface area contributed by atoms with E-state index >= 15 is 0 Å². The van der Waals surface area contributed by atoms with E-state index in [9.17, 15) is 9.59 Å².